The van der Waals surface area contributed by atoms with E-state index in [0.29, 0.717) is 13.0 Å². The number of allylic oxidation sites excluding steroid dienone is 1. The third-order valence-corrected chi connectivity index (χ3v) is 1.56. The number of ketones is 1. The summed E-state index contributed by atoms with van der Waals surface area (Å²) >= 11 is 0. The number of carbonyl (C=O) groups excluding carboxylic acids is 1. The van der Waals surface area contributed by atoms with Gasteiger partial charge in [0.2, 0.25) is 0 Å². The lowest BCUT2D eigenvalue weighted by molar-refractivity contribution is -0.119. The highest BCUT2D eigenvalue weighted by atomic mass is 16.5. The number of carbonyl (C=O) groups is 1. The molecule has 2 rings (SSSR count). The van der Waals surface area contributed by atoms with E-state index in [1.165, 1.54) is 0 Å². The normalized spacial score (nSPS) is 22.2. The molecule has 52 valence electrons. The van der Waals surface area contributed by atoms with E-state index in [2.05, 4.69) is 0 Å². The summed E-state index contributed by atoms with van der Waals surface area (Å²) in [6.45, 7) is 0.461. The molecule has 0 aromatic carbocycles. The third kappa shape index (κ3) is 0.708. The number of rotatable bonds is 0. The molecule has 0 aliphatic carbocycles. The van der Waals surface area contributed by atoms with Crippen LogP contribution in [0.15, 0.2) is 24.4 Å². The van der Waals surface area contributed by atoms with E-state index in [1.807, 2.05) is 0 Å². The van der Waals surface area contributed by atoms with Crippen molar-refractivity contribution < 1.29 is 9.53 Å². The first-order chi connectivity index (χ1) is 4.86. The van der Waals surface area contributed by atoms with Crippen LogP contribution in [0.5, 0.6) is 0 Å². The maximum Gasteiger partial charge on any atom is 0.196 e. The van der Waals surface area contributed by atoms with Crippen LogP contribution in [-0.2, 0) is 9.53 Å². The number of nitrogens with zero attached hydrogens (tertiary/aromatic N) is 1. The largest absolute Gasteiger partial charge is 0.447 e. The van der Waals surface area contributed by atoms with Crippen molar-refractivity contribution in [3.63, 3.8) is 0 Å². The molecule has 0 amide bonds. The van der Waals surface area contributed by atoms with Crippen LogP contribution in [-0.4, -0.2) is 17.2 Å². The van der Waals surface area contributed by atoms with Crippen molar-refractivity contribution in [2.75, 3.05) is 6.54 Å². The van der Waals surface area contributed by atoms with E-state index in [-0.39, 0.29) is 5.78 Å². The van der Waals surface area contributed by atoms with Crippen molar-refractivity contribution in [2.24, 2.45) is 0 Å². The molecule has 0 N–H and O–H groups in total. The first-order valence-electron chi connectivity index (χ1n) is 3.18. The predicted octanol–water partition coefficient (Wildman–Crippen LogP) is 0.604. The first-order valence-corrected chi connectivity index (χ1v) is 3.18. The van der Waals surface area contributed by atoms with E-state index < -0.39 is 0 Å². The van der Waals surface area contributed by atoms with Gasteiger partial charge in [-0.05, 0) is 6.08 Å². The minimum atomic E-state index is 0.235. The highest BCUT2D eigenvalue weighted by molar-refractivity contribution is 5.83. The Bertz CT molecular complexity index is 230. The van der Waals surface area contributed by atoms with Crippen LogP contribution in [0, 0.1) is 0 Å². The molecule has 2 aliphatic rings. The second kappa shape index (κ2) is 1.87. The van der Waals surface area contributed by atoms with Crippen molar-refractivity contribution in [2.45, 2.75) is 6.42 Å². The zero-order valence-electron chi connectivity index (χ0n) is 5.41. The highest BCUT2D eigenvalue weighted by Gasteiger charge is 2.20. The van der Waals surface area contributed by atoms with Crippen LogP contribution < -0.4 is 0 Å². The summed E-state index contributed by atoms with van der Waals surface area (Å²) in [6.07, 6.45) is 5.66. The summed E-state index contributed by atoms with van der Waals surface area (Å²) in [7, 11) is 0. The van der Waals surface area contributed by atoms with Crippen LogP contribution in [0.1, 0.15) is 6.42 Å². The highest BCUT2D eigenvalue weighted by Crippen LogP contribution is 2.19. The summed E-state index contributed by atoms with van der Waals surface area (Å²) < 4.78 is 5.06. The molecule has 0 atom stereocenters. The Morgan fingerprint density at radius 3 is 3.40 bits per heavy atom. The molecule has 2 aliphatic heterocycles. The van der Waals surface area contributed by atoms with Gasteiger partial charge in [-0.3, -0.25) is 4.79 Å². The lowest BCUT2D eigenvalue weighted by Crippen LogP contribution is -2.25. The van der Waals surface area contributed by atoms with Gasteiger partial charge in [0.05, 0.1) is 6.54 Å². The van der Waals surface area contributed by atoms with E-state index >= 15 is 0 Å². The van der Waals surface area contributed by atoms with Gasteiger partial charge < -0.3 is 9.64 Å². The van der Waals surface area contributed by atoms with Crippen molar-refractivity contribution in [3.8, 4) is 0 Å². The van der Waals surface area contributed by atoms with Gasteiger partial charge >= 0.3 is 0 Å². The maximum absolute atomic E-state index is 10.8. The molecule has 0 fully saturated rings. The van der Waals surface area contributed by atoms with Gasteiger partial charge in [-0.15, -0.1) is 0 Å². The summed E-state index contributed by atoms with van der Waals surface area (Å²) in [6, 6.07) is 0. The van der Waals surface area contributed by atoms with Gasteiger partial charge in [0.25, 0.3) is 0 Å². The monoisotopic (exact) mass is 137 g/mol. The lowest BCUT2D eigenvalue weighted by Gasteiger charge is -2.18. The lowest BCUT2D eigenvalue weighted by atomic mass is 10.2. The van der Waals surface area contributed by atoms with Crippen molar-refractivity contribution in [3.05, 3.63) is 24.4 Å². The number of hydrogen-bond acceptors (Lipinski definition) is 3. The molecule has 10 heavy (non-hydrogen) atoms. The quantitative estimate of drug-likeness (QED) is 0.489. The molecule has 0 spiro atoms. The number of Topliss-reactive ketones (excluding diaryl/α,β-unsaturated/α-hetero) is 1. The average molecular weight is 137 g/mol. The van der Waals surface area contributed by atoms with Gasteiger partial charge in [-0.25, -0.2) is 0 Å². The van der Waals surface area contributed by atoms with Crippen LogP contribution in [0.4, 0.5) is 0 Å². The van der Waals surface area contributed by atoms with E-state index in [4.69, 9.17) is 4.74 Å². The zero-order chi connectivity index (χ0) is 6.97. The van der Waals surface area contributed by atoms with Gasteiger partial charge in [-0.2, -0.15) is 0 Å². The minimum absolute atomic E-state index is 0.235. The Balaban J connectivity index is 2.26. The van der Waals surface area contributed by atoms with Crippen LogP contribution >= 0.6 is 0 Å². The van der Waals surface area contributed by atoms with Crippen LogP contribution in [0.2, 0.25) is 0 Å². The fraction of sp³-hybridized carbons (Fsp3) is 0.286. The van der Waals surface area contributed by atoms with E-state index in [9.17, 15) is 4.79 Å². The molecular formula is C7H7NO2. The van der Waals surface area contributed by atoms with Gasteiger partial charge in [-0.1, -0.05) is 0 Å². The Labute approximate surface area is 58.6 Å². The fourth-order valence-electron chi connectivity index (χ4n) is 1.07. The number of fused-ring (bicyclic) bond motifs is 1. The molecule has 0 saturated heterocycles. The van der Waals surface area contributed by atoms with Gasteiger partial charge in [0.15, 0.2) is 11.7 Å². The van der Waals surface area contributed by atoms with Crippen molar-refractivity contribution >= 4 is 5.78 Å². The first kappa shape index (κ1) is 5.53. The topological polar surface area (TPSA) is 29.5 Å². The molecule has 0 aromatic rings. The maximum atomic E-state index is 10.8. The molecular weight excluding hydrogens is 130 g/mol. The molecule has 0 bridgehead atoms. The molecule has 2 heterocycles. The number of ether oxygens (including phenoxy) is 1. The summed E-state index contributed by atoms with van der Waals surface area (Å²) in [5.41, 5.74) is 0. The second-order valence-electron chi connectivity index (χ2n) is 2.32. The SMILES string of the molecule is O=C1CC=C2OC=CN2C1. The summed E-state index contributed by atoms with van der Waals surface area (Å²) in [5, 5.41) is 0. The molecule has 3 nitrogen and oxygen atoms in total. The molecule has 0 radical (unpaired) electrons. The van der Waals surface area contributed by atoms with Gasteiger partial charge in [0.1, 0.15) is 6.26 Å². The summed E-state index contributed by atoms with van der Waals surface area (Å²) in [4.78, 5) is 12.6. The second-order valence-corrected chi connectivity index (χ2v) is 2.32. The van der Waals surface area contributed by atoms with E-state index in [1.54, 1.807) is 23.4 Å². The molecule has 3 heteroatoms. The van der Waals surface area contributed by atoms with Crippen LogP contribution in [0.25, 0.3) is 0 Å². The van der Waals surface area contributed by atoms with E-state index in [0.717, 1.165) is 5.88 Å². The Hall–Kier alpha value is -1.25. The van der Waals surface area contributed by atoms with Crippen LogP contribution in [0.3, 0.4) is 0 Å². The van der Waals surface area contributed by atoms with Crippen molar-refractivity contribution in [1.82, 2.24) is 4.90 Å². The Morgan fingerprint density at radius 2 is 2.50 bits per heavy atom. The summed E-state index contributed by atoms with van der Waals surface area (Å²) in [5.74, 6) is 1.03. The minimum Gasteiger partial charge on any atom is -0.447 e. The standard InChI is InChI=1S/C7H7NO2/c9-6-1-2-7-8(5-6)3-4-10-7/h2-4H,1,5H2. The fourth-order valence-corrected chi connectivity index (χ4v) is 1.07. The Kier molecular flexibility index (Phi) is 1.03. The van der Waals surface area contributed by atoms with Crippen molar-refractivity contribution in [1.29, 1.82) is 0 Å². The smallest absolute Gasteiger partial charge is 0.196 e. The molecule has 0 unspecified atom stereocenters. The van der Waals surface area contributed by atoms with Gasteiger partial charge in [0, 0.05) is 12.6 Å². The average Bonchev–Trinajstić information content (AvgIpc) is 2.33. The molecule has 0 aromatic heterocycles. The Morgan fingerprint density at radius 1 is 1.60 bits per heavy atom. The third-order valence-electron chi connectivity index (χ3n) is 1.56. The molecule has 0 saturated carbocycles. The number of hydrogen-bond donors (Lipinski definition) is 0. The zero-order valence-corrected chi connectivity index (χ0v) is 5.41. The predicted molar refractivity (Wildman–Crippen MR) is 34.6 cm³/mol.